The Morgan fingerprint density at radius 1 is 1.50 bits per heavy atom. The van der Waals surface area contributed by atoms with Gasteiger partial charge in [-0.1, -0.05) is 6.07 Å². The molecule has 0 spiro atoms. The van der Waals surface area contributed by atoms with E-state index in [0.29, 0.717) is 6.04 Å². The van der Waals surface area contributed by atoms with Crippen molar-refractivity contribution in [1.82, 2.24) is 15.2 Å². The van der Waals surface area contributed by atoms with Gasteiger partial charge in [-0.05, 0) is 31.5 Å². The van der Waals surface area contributed by atoms with E-state index in [4.69, 9.17) is 4.74 Å². The molecule has 1 fully saturated rings. The molecule has 2 rings (SSSR count). The minimum Gasteiger partial charge on any atom is -0.383 e. The Balaban J connectivity index is 1.77. The number of hydrogen-bond donors (Lipinski definition) is 1. The monoisotopic (exact) mass is 249 g/mol. The lowest BCUT2D eigenvalue weighted by molar-refractivity contribution is 0.190. The third-order valence-corrected chi connectivity index (χ3v) is 3.45. The first-order chi connectivity index (χ1) is 8.90. The summed E-state index contributed by atoms with van der Waals surface area (Å²) in [5.74, 6) is 0. The molecule has 0 aliphatic carbocycles. The molecular weight excluding hydrogens is 226 g/mol. The maximum Gasteiger partial charge on any atom is 0.0587 e. The quantitative estimate of drug-likeness (QED) is 0.739. The van der Waals surface area contributed by atoms with E-state index in [1.54, 1.807) is 7.11 Å². The van der Waals surface area contributed by atoms with Crippen LogP contribution in [0.15, 0.2) is 24.4 Å². The van der Waals surface area contributed by atoms with Crippen LogP contribution in [0.1, 0.15) is 18.5 Å². The second-order valence-electron chi connectivity index (χ2n) is 4.78. The van der Waals surface area contributed by atoms with Crippen molar-refractivity contribution in [3.63, 3.8) is 0 Å². The number of aromatic nitrogens is 1. The molecule has 0 aromatic carbocycles. The molecule has 1 saturated heterocycles. The van der Waals surface area contributed by atoms with Crippen LogP contribution in [0.5, 0.6) is 0 Å². The number of likely N-dealkylation sites (tertiary alicyclic amines) is 1. The van der Waals surface area contributed by atoms with Gasteiger partial charge in [0.25, 0.3) is 0 Å². The molecule has 1 aromatic heterocycles. The van der Waals surface area contributed by atoms with Crippen LogP contribution < -0.4 is 5.32 Å². The van der Waals surface area contributed by atoms with Crippen LogP contribution in [0.4, 0.5) is 0 Å². The normalized spacial score (nSPS) is 20.4. The van der Waals surface area contributed by atoms with Crippen molar-refractivity contribution in [2.75, 3.05) is 33.4 Å². The fourth-order valence-electron chi connectivity index (χ4n) is 2.48. The first-order valence-electron chi connectivity index (χ1n) is 6.74. The van der Waals surface area contributed by atoms with E-state index in [9.17, 15) is 0 Å². The predicted molar refractivity (Wildman–Crippen MR) is 72.4 cm³/mol. The molecular formula is C14H23N3O. The van der Waals surface area contributed by atoms with Gasteiger partial charge in [0.05, 0.1) is 12.3 Å². The standard InChI is InChI=1S/C14H23N3O/c1-18-10-8-15-11-14-6-4-9-17(14)12-13-5-2-3-7-16-13/h2-3,5,7,14-15H,4,6,8-12H2,1H3. The average Bonchev–Trinajstić information content (AvgIpc) is 2.83. The smallest absolute Gasteiger partial charge is 0.0587 e. The third kappa shape index (κ3) is 4.05. The van der Waals surface area contributed by atoms with Crippen molar-refractivity contribution in [2.24, 2.45) is 0 Å². The van der Waals surface area contributed by atoms with E-state index >= 15 is 0 Å². The highest BCUT2D eigenvalue weighted by Gasteiger charge is 2.24. The molecule has 0 bridgehead atoms. The molecule has 1 aromatic rings. The van der Waals surface area contributed by atoms with Gasteiger partial charge in [0.1, 0.15) is 0 Å². The van der Waals surface area contributed by atoms with E-state index in [1.807, 2.05) is 12.3 Å². The highest BCUT2D eigenvalue weighted by atomic mass is 16.5. The fraction of sp³-hybridized carbons (Fsp3) is 0.643. The molecule has 0 amide bonds. The summed E-state index contributed by atoms with van der Waals surface area (Å²) in [5, 5.41) is 3.46. The van der Waals surface area contributed by atoms with E-state index in [-0.39, 0.29) is 0 Å². The van der Waals surface area contributed by atoms with Crippen LogP contribution in [-0.4, -0.2) is 49.3 Å². The number of nitrogens with zero attached hydrogens (tertiary/aromatic N) is 2. The van der Waals surface area contributed by atoms with E-state index in [2.05, 4.69) is 27.3 Å². The van der Waals surface area contributed by atoms with Crippen molar-refractivity contribution in [3.05, 3.63) is 30.1 Å². The topological polar surface area (TPSA) is 37.4 Å². The maximum atomic E-state index is 5.04. The number of ether oxygens (including phenoxy) is 1. The van der Waals surface area contributed by atoms with Gasteiger partial charge >= 0.3 is 0 Å². The van der Waals surface area contributed by atoms with Gasteiger partial charge in [-0.2, -0.15) is 0 Å². The molecule has 1 unspecified atom stereocenters. The van der Waals surface area contributed by atoms with Crippen molar-refractivity contribution < 1.29 is 4.74 Å². The molecule has 0 saturated carbocycles. The van der Waals surface area contributed by atoms with E-state index in [1.165, 1.54) is 25.1 Å². The van der Waals surface area contributed by atoms with Crippen molar-refractivity contribution in [1.29, 1.82) is 0 Å². The maximum absolute atomic E-state index is 5.04. The van der Waals surface area contributed by atoms with Gasteiger partial charge in [0, 0.05) is 39.0 Å². The van der Waals surface area contributed by atoms with Gasteiger partial charge in [-0.25, -0.2) is 0 Å². The fourth-order valence-corrected chi connectivity index (χ4v) is 2.48. The highest BCUT2D eigenvalue weighted by molar-refractivity contribution is 5.04. The summed E-state index contributed by atoms with van der Waals surface area (Å²) in [5.41, 5.74) is 1.17. The average molecular weight is 249 g/mol. The van der Waals surface area contributed by atoms with E-state index in [0.717, 1.165) is 26.2 Å². The van der Waals surface area contributed by atoms with Gasteiger partial charge in [0.15, 0.2) is 0 Å². The second-order valence-corrected chi connectivity index (χ2v) is 4.78. The van der Waals surface area contributed by atoms with Crippen LogP contribution in [0.3, 0.4) is 0 Å². The number of hydrogen-bond acceptors (Lipinski definition) is 4. The Morgan fingerprint density at radius 3 is 3.22 bits per heavy atom. The molecule has 2 heterocycles. The Kier molecular flexibility index (Phi) is 5.58. The number of methoxy groups -OCH3 is 1. The molecule has 18 heavy (non-hydrogen) atoms. The lowest BCUT2D eigenvalue weighted by Crippen LogP contribution is -2.38. The molecule has 1 atom stereocenters. The van der Waals surface area contributed by atoms with Crippen LogP contribution in [0.25, 0.3) is 0 Å². The summed E-state index contributed by atoms with van der Waals surface area (Å²) in [6.45, 7) is 4.93. The zero-order valence-corrected chi connectivity index (χ0v) is 11.1. The molecule has 0 radical (unpaired) electrons. The molecule has 1 N–H and O–H groups in total. The Bertz CT molecular complexity index is 331. The third-order valence-electron chi connectivity index (χ3n) is 3.45. The Morgan fingerprint density at radius 2 is 2.44 bits per heavy atom. The summed E-state index contributed by atoms with van der Waals surface area (Å²) in [4.78, 5) is 6.93. The van der Waals surface area contributed by atoms with Gasteiger partial charge in [-0.3, -0.25) is 9.88 Å². The zero-order valence-electron chi connectivity index (χ0n) is 11.1. The lowest BCUT2D eigenvalue weighted by atomic mass is 10.2. The zero-order chi connectivity index (χ0) is 12.6. The van der Waals surface area contributed by atoms with E-state index < -0.39 is 0 Å². The van der Waals surface area contributed by atoms with Crippen molar-refractivity contribution >= 4 is 0 Å². The summed E-state index contributed by atoms with van der Waals surface area (Å²) in [6.07, 6.45) is 4.45. The summed E-state index contributed by atoms with van der Waals surface area (Å²) >= 11 is 0. The van der Waals surface area contributed by atoms with Gasteiger partial charge < -0.3 is 10.1 Å². The van der Waals surface area contributed by atoms with Crippen LogP contribution in [0, 0.1) is 0 Å². The Labute approximate surface area is 109 Å². The largest absolute Gasteiger partial charge is 0.383 e. The van der Waals surface area contributed by atoms with Crippen molar-refractivity contribution in [3.8, 4) is 0 Å². The van der Waals surface area contributed by atoms with Crippen LogP contribution in [-0.2, 0) is 11.3 Å². The summed E-state index contributed by atoms with van der Waals surface area (Å²) in [7, 11) is 1.74. The SMILES string of the molecule is COCCNCC1CCCN1Cc1ccccn1. The number of pyridine rings is 1. The van der Waals surface area contributed by atoms with Crippen LogP contribution >= 0.6 is 0 Å². The summed E-state index contributed by atoms with van der Waals surface area (Å²) in [6, 6.07) is 6.78. The molecule has 1 aliphatic heterocycles. The molecule has 4 heteroatoms. The first-order valence-corrected chi connectivity index (χ1v) is 6.74. The summed E-state index contributed by atoms with van der Waals surface area (Å²) < 4.78 is 5.04. The van der Waals surface area contributed by atoms with Crippen LogP contribution in [0.2, 0.25) is 0 Å². The highest BCUT2D eigenvalue weighted by Crippen LogP contribution is 2.18. The molecule has 4 nitrogen and oxygen atoms in total. The van der Waals surface area contributed by atoms with Gasteiger partial charge in [0.2, 0.25) is 0 Å². The van der Waals surface area contributed by atoms with Crippen molar-refractivity contribution in [2.45, 2.75) is 25.4 Å². The molecule has 1 aliphatic rings. The lowest BCUT2D eigenvalue weighted by Gasteiger charge is -2.24. The molecule has 100 valence electrons. The minimum absolute atomic E-state index is 0.642. The first kappa shape index (κ1) is 13.5. The minimum atomic E-state index is 0.642. The number of rotatable bonds is 7. The van der Waals surface area contributed by atoms with Gasteiger partial charge in [-0.15, -0.1) is 0 Å². The predicted octanol–water partition coefficient (Wildman–Crippen LogP) is 1.28. The number of nitrogens with one attached hydrogen (secondary N) is 1. The second kappa shape index (κ2) is 7.46. The Hall–Kier alpha value is -0.970.